The van der Waals surface area contributed by atoms with Gasteiger partial charge in [0.15, 0.2) is 0 Å². The number of carbonyl (C=O) groups excluding carboxylic acids is 2. The van der Waals surface area contributed by atoms with Gasteiger partial charge in [0, 0.05) is 24.7 Å². The lowest BCUT2D eigenvalue weighted by molar-refractivity contribution is -0.137. The third kappa shape index (κ3) is 4.12. The molecule has 0 saturated heterocycles. The lowest BCUT2D eigenvalue weighted by Gasteiger charge is -2.14. The predicted molar refractivity (Wildman–Crippen MR) is 59.8 cm³/mol. The lowest BCUT2D eigenvalue weighted by Crippen LogP contribution is -2.34. The first-order chi connectivity index (χ1) is 7.61. The zero-order valence-corrected chi connectivity index (χ0v) is 9.73. The molecule has 0 unspecified atom stereocenters. The molecule has 0 aromatic heterocycles. The predicted octanol–water partition coefficient (Wildman–Crippen LogP) is -0.0740. The molecule has 0 saturated carbocycles. The van der Waals surface area contributed by atoms with Crippen LogP contribution in [-0.4, -0.2) is 49.1 Å². The number of imide groups is 1. The number of nitrogens with zero attached hydrogens (tertiary/aromatic N) is 1. The molecule has 1 N–H and O–H groups in total. The number of amides is 2. The van der Waals surface area contributed by atoms with E-state index in [1.807, 2.05) is 0 Å². The van der Waals surface area contributed by atoms with Gasteiger partial charge < -0.3 is 10.1 Å². The van der Waals surface area contributed by atoms with Crippen LogP contribution in [0.5, 0.6) is 0 Å². The number of carbonyl (C=O) groups is 2. The first kappa shape index (κ1) is 12.9. The zero-order valence-electron chi connectivity index (χ0n) is 9.73. The summed E-state index contributed by atoms with van der Waals surface area (Å²) >= 11 is 0. The molecule has 0 aromatic rings. The van der Waals surface area contributed by atoms with Crippen LogP contribution in [0.3, 0.4) is 0 Å². The van der Waals surface area contributed by atoms with Crippen molar-refractivity contribution in [2.24, 2.45) is 0 Å². The Balaban J connectivity index is 2.03. The average Bonchev–Trinajstić information content (AvgIpc) is 2.53. The van der Waals surface area contributed by atoms with Gasteiger partial charge in [-0.3, -0.25) is 14.5 Å². The van der Waals surface area contributed by atoms with Gasteiger partial charge in [0.25, 0.3) is 11.8 Å². The fraction of sp³-hybridized carbons (Fsp3) is 0.636. The second-order valence-electron chi connectivity index (χ2n) is 3.88. The molecule has 16 heavy (non-hydrogen) atoms. The summed E-state index contributed by atoms with van der Waals surface area (Å²) in [4.78, 5) is 23.5. The number of rotatable bonds is 7. The Morgan fingerprint density at radius 3 is 2.44 bits per heavy atom. The molecule has 5 nitrogen and oxygen atoms in total. The Labute approximate surface area is 95.4 Å². The third-order valence-corrected chi connectivity index (χ3v) is 2.16. The van der Waals surface area contributed by atoms with E-state index >= 15 is 0 Å². The molecule has 0 atom stereocenters. The summed E-state index contributed by atoms with van der Waals surface area (Å²) < 4.78 is 5.31. The van der Waals surface area contributed by atoms with Crippen molar-refractivity contribution < 1.29 is 14.3 Å². The largest absolute Gasteiger partial charge is 0.378 e. The summed E-state index contributed by atoms with van der Waals surface area (Å²) in [5.74, 6) is -0.511. The standard InChI is InChI=1S/C11H18N2O3/c1-9(2)12-5-7-16-8-6-13-10(14)3-4-11(13)15/h3-4,9,12H,5-8H2,1-2H3. The minimum atomic E-state index is -0.256. The van der Waals surface area contributed by atoms with Crippen LogP contribution >= 0.6 is 0 Å². The molecule has 0 fully saturated rings. The van der Waals surface area contributed by atoms with Gasteiger partial charge in [-0.15, -0.1) is 0 Å². The fourth-order valence-electron chi connectivity index (χ4n) is 1.33. The summed E-state index contributed by atoms with van der Waals surface area (Å²) in [6.07, 6.45) is 2.56. The van der Waals surface area contributed by atoms with Crippen molar-refractivity contribution in [1.82, 2.24) is 10.2 Å². The van der Waals surface area contributed by atoms with E-state index in [-0.39, 0.29) is 11.8 Å². The van der Waals surface area contributed by atoms with E-state index in [1.165, 1.54) is 17.1 Å². The number of ether oxygens (including phenoxy) is 1. The molecule has 2 amide bonds. The Morgan fingerprint density at radius 2 is 1.88 bits per heavy atom. The van der Waals surface area contributed by atoms with Crippen molar-refractivity contribution in [1.29, 1.82) is 0 Å². The van der Waals surface area contributed by atoms with E-state index in [0.29, 0.717) is 25.8 Å². The topological polar surface area (TPSA) is 58.6 Å². The van der Waals surface area contributed by atoms with Crippen molar-refractivity contribution in [3.8, 4) is 0 Å². The molecule has 1 heterocycles. The van der Waals surface area contributed by atoms with Gasteiger partial charge in [-0.25, -0.2) is 0 Å². The zero-order chi connectivity index (χ0) is 12.0. The highest BCUT2D eigenvalue weighted by molar-refractivity contribution is 6.12. The van der Waals surface area contributed by atoms with Crippen LogP contribution in [0, 0.1) is 0 Å². The van der Waals surface area contributed by atoms with Gasteiger partial charge in [-0.2, -0.15) is 0 Å². The van der Waals surface area contributed by atoms with Crippen molar-refractivity contribution >= 4 is 11.8 Å². The molecule has 1 aliphatic heterocycles. The Morgan fingerprint density at radius 1 is 1.25 bits per heavy atom. The van der Waals surface area contributed by atoms with E-state index in [0.717, 1.165) is 6.54 Å². The SMILES string of the molecule is CC(C)NCCOCCN1C(=O)C=CC1=O. The summed E-state index contributed by atoms with van der Waals surface area (Å²) in [5.41, 5.74) is 0. The van der Waals surface area contributed by atoms with Gasteiger partial charge in [-0.1, -0.05) is 13.8 Å². The van der Waals surface area contributed by atoms with E-state index < -0.39 is 0 Å². The number of hydrogen-bond acceptors (Lipinski definition) is 4. The average molecular weight is 226 g/mol. The van der Waals surface area contributed by atoms with Crippen LogP contribution < -0.4 is 5.32 Å². The normalized spacial score (nSPS) is 15.6. The van der Waals surface area contributed by atoms with Gasteiger partial charge in [0.2, 0.25) is 0 Å². The molecular formula is C11H18N2O3. The molecule has 5 heteroatoms. The van der Waals surface area contributed by atoms with Gasteiger partial charge in [-0.05, 0) is 0 Å². The Kier molecular flexibility index (Phi) is 5.14. The monoisotopic (exact) mass is 226 g/mol. The van der Waals surface area contributed by atoms with Crippen molar-refractivity contribution in [2.75, 3.05) is 26.3 Å². The smallest absolute Gasteiger partial charge is 0.253 e. The third-order valence-electron chi connectivity index (χ3n) is 2.16. The van der Waals surface area contributed by atoms with Crippen LogP contribution in [0.2, 0.25) is 0 Å². The molecule has 0 aliphatic carbocycles. The maximum absolute atomic E-state index is 11.1. The first-order valence-corrected chi connectivity index (χ1v) is 5.46. The molecule has 90 valence electrons. The molecule has 0 bridgehead atoms. The summed E-state index contributed by atoms with van der Waals surface area (Å²) in [6.45, 7) is 6.20. The van der Waals surface area contributed by atoms with Crippen LogP contribution in [-0.2, 0) is 14.3 Å². The molecule has 0 aromatic carbocycles. The molecule has 0 spiro atoms. The minimum Gasteiger partial charge on any atom is -0.378 e. The molecular weight excluding hydrogens is 208 g/mol. The number of hydrogen-bond donors (Lipinski definition) is 1. The van der Waals surface area contributed by atoms with Gasteiger partial charge in [0.05, 0.1) is 19.8 Å². The molecule has 0 radical (unpaired) electrons. The van der Waals surface area contributed by atoms with Crippen LogP contribution in [0.25, 0.3) is 0 Å². The van der Waals surface area contributed by atoms with Crippen LogP contribution in [0.4, 0.5) is 0 Å². The minimum absolute atomic E-state index is 0.256. The van der Waals surface area contributed by atoms with E-state index in [2.05, 4.69) is 19.2 Å². The summed E-state index contributed by atoms with van der Waals surface area (Å²) in [5, 5.41) is 3.21. The van der Waals surface area contributed by atoms with Crippen LogP contribution in [0.15, 0.2) is 12.2 Å². The van der Waals surface area contributed by atoms with Gasteiger partial charge in [0.1, 0.15) is 0 Å². The van der Waals surface area contributed by atoms with Gasteiger partial charge >= 0.3 is 0 Å². The highest BCUT2D eigenvalue weighted by atomic mass is 16.5. The van der Waals surface area contributed by atoms with E-state index in [9.17, 15) is 9.59 Å². The highest BCUT2D eigenvalue weighted by Crippen LogP contribution is 2.02. The fourth-order valence-corrected chi connectivity index (χ4v) is 1.33. The van der Waals surface area contributed by atoms with Crippen LogP contribution in [0.1, 0.15) is 13.8 Å². The van der Waals surface area contributed by atoms with Crippen molar-refractivity contribution in [3.63, 3.8) is 0 Å². The molecule has 1 rings (SSSR count). The second-order valence-corrected chi connectivity index (χ2v) is 3.88. The lowest BCUT2D eigenvalue weighted by atomic mass is 10.4. The quantitative estimate of drug-likeness (QED) is 0.487. The Bertz CT molecular complexity index is 269. The molecule has 1 aliphatic rings. The van der Waals surface area contributed by atoms with E-state index in [4.69, 9.17) is 4.74 Å². The summed E-state index contributed by atoms with van der Waals surface area (Å²) in [7, 11) is 0. The maximum Gasteiger partial charge on any atom is 0.253 e. The van der Waals surface area contributed by atoms with E-state index in [1.54, 1.807) is 0 Å². The summed E-state index contributed by atoms with van der Waals surface area (Å²) in [6, 6.07) is 0.439. The maximum atomic E-state index is 11.1. The second kappa shape index (κ2) is 6.40. The van der Waals surface area contributed by atoms with Crippen molar-refractivity contribution in [2.45, 2.75) is 19.9 Å². The van der Waals surface area contributed by atoms with Crippen molar-refractivity contribution in [3.05, 3.63) is 12.2 Å². The highest BCUT2D eigenvalue weighted by Gasteiger charge is 2.22. The number of nitrogens with one attached hydrogen (secondary N) is 1. The Hall–Kier alpha value is -1.20. The first-order valence-electron chi connectivity index (χ1n) is 5.46.